The number of methoxy groups -OCH3 is 1. The van der Waals surface area contributed by atoms with Crippen LogP contribution in [0.1, 0.15) is 68.8 Å². The molecule has 0 radical (unpaired) electrons. The van der Waals surface area contributed by atoms with Crippen LogP contribution in [0.2, 0.25) is 0 Å². The molecular weight excluding hydrogens is 558 g/mol. The van der Waals surface area contributed by atoms with E-state index in [1.54, 1.807) is 0 Å². The minimum Gasteiger partial charge on any atom is -0.507 e. The van der Waals surface area contributed by atoms with Gasteiger partial charge in [-0.25, -0.2) is 4.79 Å². The summed E-state index contributed by atoms with van der Waals surface area (Å²) in [5.41, 5.74) is -4.08. The Hall–Kier alpha value is -4.08. The van der Waals surface area contributed by atoms with Crippen LogP contribution in [0.15, 0.2) is 18.2 Å². The third-order valence-electron chi connectivity index (χ3n) is 8.07. The van der Waals surface area contributed by atoms with Crippen molar-refractivity contribution < 1.29 is 64.0 Å². The van der Waals surface area contributed by atoms with Gasteiger partial charge in [-0.2, -0.15) is 0 Å². The molecule has 224 valence electrons. The zero-order valence-corrected chi connectivity index (χ0v) is 22.5. The molecule has 3 aliphatic rings. The highest BCUT2D eigenvalue weighted by Gasteiger charge is 2.50. The molecule has 14 nitrogen and oxygen atoms in total. The van der Waals surface area contributed by atoms with Gasteiger partial charge in [0.1, 0.15) is 35.6 Å². The number of hydrogen-bond acceptors (Lipinski definition) is 12. The van der Waals surface area contributed by atoms with Crippen LogP contribution in [0.25, 0.3) is 0 Å². The van der Waals surface area contributed by atoms with Gasteiger partial charge in [0.2, 0.25) is 5.78 Å². The SMILES string of the molecule is COc1cccc2c1C(=O)c1c(O)c3c(c(O)c1C2=O)C[C@@](O)(C(=O)CO)C[C@@H]3O[C@H]1C[C@H](NC(=O)O)[C@H](O)[C@H](C)O1. The van der Waals surface area contributed by atoms with E-state index in [2.05, 4.69) is 5.32 Å². The summed E-state index contributed by atoms with van der Waals surface area (Å²) in [6.45, 7) is 0.389. The predicted octanol–water partition coefficient (Wildman–Crippen LogP) is 0.310. The number of carboxylic acid groups (broad SMARTS) is 1. The number of phenolic OH excluding ortho intramolecular Hbond substituents is 2. The first-order chi connectivity index (χ1) is 19.8. The normalized spacial score (nSPS) is 28.4. The molecule has 0 bridgehead atoms. The Morgan fingerprint density at radius 3 is 2.45 bits per heavy atom. The summed E-state index contributed by atoms with van der Waals surface area (Å²) >= 11 is 0. The van der Waals surface area contributed by atoms with Crippen molar-refractivity contribution in [3.8, 4) is 17.2 Å². The molecule has 2 aromatic carbocycles. The molecule has 42 heavy (non-hydrogen) atoms. The average Bonchev–Trinajstić information content (AvgIpc) is 2.94. The maximum Gasteiger partial charge on any atom is 0.404 e. The fourth-order valence-electron chi connectivity index (χ4n) is 6.02. The van der Waals surface area contributed by atoms with Crippen molar-refractivity contribution in [1.82, 2.24) is 5.32 Å². The molecule has 5 rings (SSSR count). The zero-order valence-electron chi connectivity index (χ0n) is 22.5. The molecule has 1 saturated heterocycles. The molecule has 0 aromatic heterocycles. The monoisotopic (exact) mass is 587 g/mol. The number of aliphatic hydroxyl groups is 3. The van der Waals surface area contributed by atoms with Gasteiger partial charge in [0, 0.05) is 36.0 Å². The van der Waals surface area contributed by atoms with Gasteiger partial charge in [-0.05, 0) is 13.0 Å². The number of carbonyl (C=O) groups is 4. The lowest BCUT2D eigenvalue weighted by Crippen LogP contribution is -2.55. The lowest BCUT2D eigenvalue weighted by atomic mass is 9.72. The Morgan fingerprint density at radius 2 is 1.81 bits per heavy atom. The Balaban J connectivity index is 1.65. The smallest absolute Gasteiger partial charge is 0.404 e. The molecule has 2 aromatic rings. The van der Waals surface area contributed by atoms with Crippen molar-refractivity contribution >= 4 is 23.4 Å². The molecule has 6 atom stereocenters. The van der Waals surface area contributed by atoms with Gasteiger partial charge in [-0.1, -0.05) is 12.1 Å². The summed E-state index contributed by atoms with van der Waals surface area (Å²) in [5, 5.41) is 65.5. The first-order valence-electron chi connectivity index (χ1n) is 13.0. The van der Waals surface area contributed by atoms with E-state index in [-0.39, 0.29) is 34.4 Å². The summed E-state index contributed by atoms with van der Waals surface area (Å²) in [7, 11) is 1.30. The molecule has 7 N–H and O–H groups in total. The lowest BCUT2D eigenvalue weighted by Gasteiger charge is -2.42. The van der Waals surface area contributed by atoms with Crippen molar-refractivity contribution in [2.45, 2.75) is 62.4 Å². The van der Waals surface area contributed by atoms with Crippen LogP contribution < -0.4 is 10.1 Å². The number of phenols is 2. The fourth-order valence-corrected chi connectivity index (χ4v) is 6.02. The third-order valence-corrected chi connectivity index (χ3v) is 8.07. The molecule has 1 aliphatic heterocycles. The number of aromatic hydroxyl groups is 2. The zero-order chi connectivity index (χ0) is 30.7. The number of Topliss-reactive ketones (excluding diaryl/α,β-unsaturated/α-hetero) is 1. The second kappa shape index (κ2) is 10.6. The minimum atomic E-state index is -2.33. The number of ketones is 3. The highest BCUT2D eigenvalue weighted by atomic mass is 16.7. The van der Waals surface area contributed by atoms with E-state index in [1.165, 1.54) is 32.2 Å². The average molecular weight is 588 g/mol. The van der Waals surface area contributed by atoms with Crippen LogP contribution in [0.3, 0.4) is 0 Å². The minimum absolute atomic E-state index is 0.0592. The van der Waals surface area contributed by atoms with Crippen LogP contribution >= 0.6 is 0 Å². The van der Waals surface area contributed by atoms with Crippen molar-refractivity contribution in [2.75, 3.05) is 13.7 Å². The van der Waals surface area contributed by atoms with Gasteiger partial charge < -0.3 is 50.2 Å². The Kier molecular flexibility index (Phi) is 7.45. The summed E-state index contributed by atoms with van der Waals surface area (Å²) < 4.78 is 17.0. The van der Waals surface area contributed by atoms with Gasteiger partial charge in [-0.3, -0.25) is 14.4 Å². The van der Waals surface area contributed by atoms with Crippen LogP contribution in [-0.4, -0.2) is 97.9 Å². The van der Waals surface area contributed by atoms with Gasteiger partial charge in [0.25, 0.3) is 0 Å². The topological polar surface area (TPSA) is 229 Å². The van der Waals surface area contributed by atoms with Crippen molar-refractivity contribution in [3.05, 3.63) is 51.6 Å². The second-order valence-corrected chi connectivity index (χ2v) is 10.6. The highest BCUT2D eigenvalue weighted by Crippen LogP contribution is 2.52. The summed E-state index contributed by atoms with van der Waals surface area (Å²) in [5.74, 6) is -4.11. The first-order valence-corrected chi connectivity index (χ1v) is 13.0. The van der Waals surface area contributed by atoms with Crippen molar-refractivity contribution in [2.24, 2.45) is 0 Å². The number of ether oxygens (including phenoxy) is 3. The molecular formula is C28H29NO13. The van der Waals surface area contributed by atoms with Gasteiger partial charge in [0.15, 0.2) is 17.9 Å². The largest absolute Gasteiger partial charge is 0.507 e. The van der Waals surface area contributed by atoms with E-state index < -0.39 is 102 Å². The van der Waals surface area contributed by atoms with E-state index >= 15 is 0 Å². The van der Waals surface area contributed by atoms with E-state index in [4.69, 9.17) is 14.2 Å². The Morgan fingerprint density at radius 1 is 1.12 bits per heavy atom. The van der Waals surface area contributed by atoms with Crippen LogP contribution in [-0.2, 0) is 20.7 Å². The Labute approximate surface area is 238 Å². The van der Waals surface area contributed by atoms with E-state index in [0.29, 0.717) is 0 Å². The number of hydrogen-bond donors (Lipinski definition) is 7. The first kappa shape index (κ1) is 29.4. The van der Waals surface area contributed by atoms with E-state index in [9.17, 15) is 49.8 Å². The van der Waals surface area contributed by atoms with E-state index in [0.717, 1.165) is 0 Å². The van der Waals surface area contributed by atoms with Crippen LogP contribution in [0, 0.1) is 0 Å². The second-order valence-electron chi connectivity index (χ2n) is 10.6. The molecule has 2 aliphatic carbocycles. The number of fused-ring (bicyclic) bond motifs is 3. The van der Waals surface area contributed by atoms with Crippen LogP contribution in [0.5, 0.6) is 17.2 Å². The summed E-state index contributed by atoms with van der Waals surface area (Å²) in [4.78, 5) is 51.2. The third kappa shape index (κ3) is 4.57. The molecule has 14 heteroatoms. The number of rotatable bonds is 6. The number of amides is 1. The fraction of sp³-hybridized carbons (Fsp3) is 0.429. The molecule has 1 amide bonds. The van der Waals surface area contributed by atoms with Gasteiger partial charge in [-0.15, -0.1) is 0 Å². The standard InChI is InChI=1S/C28H29NO13/c1-10-22(32)13(29-27(37)38)6-17(41-10)42-15-8-28(39,16(31)9-30)7-12-19(15)26(36)21-20(24(12)34)23(33)11-4-3-5-14(40-2)18(11)25(21)35/h3-5,10,13,15,17,22,29-30,32,34,36,39H,6-9H2,1-2H3,(H,37,38)/t10-,13-,15-,17-,22+,28-/m0/s1. The predicted molar refractivity (Wildman–Crippen MR) is 139 cm³/mol. The maximum atomic E-state index is 13.7. The van der Waals surface area contributed by atoms with E-state index in [1.807, 2.05) is 0 Å². The molecule has 0 spiro atoms. The Bertz CT molecular complexity index is 1500. The summed E-state index contributed by atoms with van der Waals surface area (Å²) in [6, 6.07) is 3.24. The lowest BCUT2D eigenvalue weighted by molar-refractivity contribution is -0.249. The quantitative estimate of drug-likeness (QED) is 0.193. The van der Waals surface area contributed by atoms with Crippen LogP contribution in [0.4, 0.5) is 4.79 Å². The maximum absolute atomic E-state index is 13.7. The molecule has 0 saturated carbocycles. The number of aliphatic hydroxyl groups excluding tert-OH is 2. The molecule has 0 unspecified atom stereocenters. The number of nitrogens with one attached hydrogen (secondary N) is 1. The molecule has 1 heterocycles. The van der Waals surface area contributed by atoms with Gasteiger partial charge in [0.05, 0.1) is 42.0 Å². The number of benzene rings is 2. The number of carbonyl (C=O) groups excluding carboxylic acids is 3. The molecule has 1 fully saturated rings. The van der Waals surface area contributed by atoms with Crippen molar-refractivity contribution in [3.63, 3.8) is 0 Å². The highest BCUT2D eigenvalue weighted by molar-refractivity contribution is 6.31. The summed E-state index contributed by atoms with van der Waals surface area (Å²) in [6.07, 6.45) is -7.75. The van der Waals surface area contributed by atoms with Gasteiger partial charge >= 0.3 is 6.09 Å². The van der Waals surface area contributed by atoms with Crippen molar-refractivity contribution in [1.29, 1.82) is 0 Å².